The van der Waals surface area contributed by atoms with E-state index >= 15 is 0 Å². The minimum Gasteiger partial charge on any atom is -0.477 e. The first-order valence-corrected chi connectivity index (χ1v) is 4.32. The molecule has 0 bridgehead atoms. The summed E-state index contributed by atoms with van der Waals surface area (Å²) in [6, 6.07) is 0. The third-order valence-corrected chi connectivity index (χ3v) is 1.72. The number of halogens is 3. The first kappa shape index (κ1) is 14.7. The van der Waals surface area contributed by atoms with Crippen LogP contribution in [0.3, 0.4) is 0 Å². The highest BCUT2D eigenvalue weighted by Crippen LogP contribution is 2.16. The molecule has 0 spiro atoms. The van der Waals surface area contributed by atoms with E-state index in [4.69, 9.17) is 5.11 Å². The molecule has 0 radical (unpaired) electrons. The van der Waals surface area contributed by atoms with E-state index in [-0.39, 0.29) is 17.6 Å². The van der Waals surface area contributed by atoms with E-state index in [1.165, 1.54) is 14.1 Å². The Labute approximate surface area is 90.0 Å². The standard InChI is InChI=1S/C8H12F3NO4/c1-12(2,5-6(13)14)3-4-16-7(15)8(9,10)11/h3-5H2,1-2H3/p+1. The Hall–Kier alpha value is -1.31. The van der Waals surface area contributed by atoms with Crippen LogP contribution in [0.25, 0.3) is 0 Å². The van der Waals surface area contributed by atoms with Gasteiger partial charge in [0.15, 0.2) is 6.54 Å². The van der Waals surface area contributed by atoms with E-state index in [1.54, 1.807) is 0 Å². The third kappa shape index (κ3) is 6.23. The van der Waals surface area contributed by atoms with Crippen molar-refractivity contribution in [3.05, 3.63) is 0 Å². The maximum Gasteiger partial charge on any atom is 0.490 e. The molecule has 5 nitrogen and oxygen atoms in total. The number of carboxylic acids is 1. The summed E-state index contributed by atoms with van der Waals surface area (Å²) in [4.78, 5) is 20.7. The lowest BCUT2D eigenvalue weighted by atomic mass is 10.4. The van der Waals surface area contributed by atoms with Crippen molar-refractivity contribution in [1.29, 1.82) is 0 Å². The molecule has 0 aromatic rings. The van der Waals surface area contributed by atoms with E-state index in [2.05, 4.69) is 4.74 Å². The summed E-state index contributed by atoms with van der Waals surface area (Å²) >= 11 is 0. The van der Waals surface area contributed by atoms with Crippen molar-refractivity contribution in [2.45, 2.75) is 6.18 Å². The largest absolute Gasteiger partial charge is 0.490 e. The van der Waals surface area contributed by atoms with E-state index < -0.39 is 24.7 Å². The number of ether oxygens (including phenoxy) is 1. The number of esters is 1. The second-order valence-electron chi connectivity index (χ2n) is 3.84. The lowest BCUT2D eigenvalue weighted by Gasteiger charge is -2.27. The lowest BCUT2D eigenvalue weighted by molar-refractivity contribution is -0.883. The predicted octanol–water partition coefficient (Wildman–Crippen LogP) is 0.253. The molecule has 0 aromatic heterocycles. The number of hydrogen-bond acceptors (Lipinski definition) is 3. The fraction of sp³-hybridized carbons (Fsp3) is 0.750. The van der Waals surface area contributed by atoms with Gasteiger partial charge in [0.05, 0.1) is 14.1 Å². The first-order valence-electron chi connectivity index (χ1n) is 4.32. The van der Waals surface area contributed by atoms with Gasteiger partial charge in [-0.15, -0.1) is 0 Å². The van der Waals surface area contributed by atoms with Crippen molar-refractivity contribution in [3.8, 4) is 0 Å². The highest BCUT2D eigenvalue weighted by molar-refractivity contribution is 5.75. The monoisotopic (exact) mass is 244 g/mol. The number of nitrogens with zero attached hydrogens (tertiary/aromatic N) is 1. The average molecular weight is 244 g/mol. The highest BCUT2D eigenvalue weighted by atomic mass is 19.4. The van der Waals surface area contributed by atoms with E-state index in [1.807, 2.05) is 0 Å². The molecule has 0 atom stereocenters. The first-order chi connectivity index (χ1) is 7.04. The van der Waals surface area contributed by atoms with Crippen LogP contribution in [0.2, 0.25) is 0 Å². The van der Waals surface area contributed by atoms with Gasteiger partial charge in [-0.05, 0) is 0 Å². The second kappa shape index (κ2) is 5.15. The molecule has 0 heterocycles. The molecule has 0 saturated carbocycles. The molecule has 1 N–H and O–H groups in total. The van der Waals surface area contributed by atoms with Gasteiger partial charge in [0, 0.05) is 0 Å². The maximum absolute atomic E-state index is 11.7. The van der Waals surface area contributed by atoms with Gasteiger partial charge in [0.25, 0.3) is 0 Å². The van der Waals surface area contributed by atoms with Crippen LogP contribution in [-0.4, -0.2) is 61.5 Å². The SMILES string of the molecule is C[N+](C)(CCOC(=O)C(F)(F)F)CC(=O)O. The number of likely N-dealkylation sites (N-methyl/N-ethyl adjacent to an activating group) is 1. The molecule has 0 aliphatic carbocycles. The molecular weight excluding hydrogens is 231 g/mol. The summed E-state index contributed by atoms with van der Waals surface area (Å²) < 4.78 is 39.0. The number of alkyl halides is 3. The highest BCUT2D eigenvalue weighted by Gasteiger charge is 2.41. The van der Waals surface area contributed by atoms with E-state index in [0.29, 0.717) is 0 Å². The zero-order valence-electron chi connectivity index (χ0n) is 8.87. The third-order valence-electron chi connectivity index (χ3n) is 1.72. The Balaban J connectivity index is 3.99. The molecule has 94 valence electrons. The average Bonchev–Trinajstić information content (AvgIpc) is 1.98. The molecule has 8 heteroatoms. The minimum absolute atomic E-state index is 0.00583. The molecule has 0 aliphatic heterocycles. The molecule has 16 heavy (non-hydrogen) atoms. The van der Waals surface area contributed by atoms with Gasteiger partial charge in [0.2, 0.25) is 0 Å². The smallest absolute Gasteiger partial charge is 0.477 e. The van der Waals surface area contributed by atoms with Crippen molar-refractivity contribution in [2.75, 3.05) is 33.8 Å². The number of quaternary nitrogens is 1. The van der Waals surface area contributed by atoms with Crippen molar-refractivity contribution in [3.63, 3.8) is 0 Å². The van der Waals surface area contributed by atoms with Gasteiger partial charge in [-0.3, -0.25) is 0 Å². The number of aliphatic carboxylic acids is 1. The molecule has 0 unspecified atom stereocenters. The van der Waals surface area contributed by atoms with Crippen LogP contribution >= 0.6 is 0 Å². The molecular formula is C8H13F3NO4+. The zero-order chi connectivity index (χ0) is 13.0. The number of rotatable bonds is 5. The van der Waals surface area contributed by atoms with Crippen LogP contribution in [0, 0.1) is 0 Å². The van der Waals surface area contributed by atoms with Crippen molar-refractivity contribution in [2.24, 2.45) is 0 Å². The second-order valence-corrected chi connectivity index (χ2v) is 3.84. The topological polar surface area (TPSA) is 63.6 Å². The summed E-state index contributed by atoms with van der Waals surface area (Å²) in [6.45, 7) is -0.740. The Bertz CT molecular complexity index is 275. The molecule has 0 amide bonds. The molecule has 0 aliphatic rings. The summed E-state index contributed by atoms with van der Waals surface area (Å²) in [5.41, 5.74) is 0. The Kier molecular flexibility index (Phi) is 4.73. The van der Waals surface area contributed by atoms with Crippen LogP contribution < -0.4 is 0 Å². The quantitative estimate of drug-likeness (QED) is 0.556. The van der Waals surface area contributed by atoms with Gasteiger partial charge < -0.3 is 14.3 Å². The maximum atomic E-state index is 11.7. The van der Waals surface area contributed by atoms with Crippen LogP contribution in [0.4, 0.5) is 13.2 Å². The molecule has 0 rings (SSSR count). The van der Waals surface area contributed by atoms with Gasteiger partial charge in [0.1, 0.15) is 13.2 Å². The number of carbonyl (C=O) groups is 2. The minimum atomic E-state index is -5.01. The summed E-state index contributed by atoms with van der Waals surface area (Å²) in [5.74, 6) is -3.34. The number of hydrogen-bond donors (Lipinski definition) is 1. The Morgan fingerprint density at radius 3 is 2.19 bits per heavy atom. The fourth-order valence-corrected chi connectivity index (χ4v) is 0.913. The summed E-state index contributed by atoms with van der Waals surface area (Å²) in [6.07, 6.45) is -5.01. The Morgan fingerprint density at radius 1 is 1.31 bits per heavy atom. The fourth-order valence-electron chi connectivity index (χ4n) is 0.913. The Morgan fingerprint density at radius 2 is 1.81 bits per heavy atom. The van der Waals surface area contributed by atoms with Gasteiger partial charge in [-0.25, -0.2) is 9.59 Å². The van der Waals surface area contributed by atoms with Crippen molar-refractivity contribution >= 4 is 11.9 Å². The van der Waals surface area contributed by atoms with E-state index in [9.17, 15) is 22.8 Å². The van der Waals surface area contributed by atoms with Gasteiger partial charge in [-0.1, -0.05) is 0 Å². The van der Waals surface area contributed by atoms with E-state index in [0.717, 1.165) is 0 Å². The number of carbonyl (C=O) groups excluding carboxylic acids is 1. The molecule has 0 aromatic carbocycles. The summed E-state index contributed by atoms with van der Waals surface area (Å²) in [7, 11) is 3.02. The number of carboxylic acid groups (broad SMARTS) is 1. The van der Waals surface area contributed by atoms with Crippen molar-refractivity contribution < 1.29 is 37.1 Å². The van der Waals surface area contributed by atoms with Gasteiger partial charge >= 0.3 is 18.1 Å². The molecule has 0 saturated heterocycles. The molecule has 0 fully saturated rings. The summed E-state index contributed by atoms with van der Waals surface area (Å²) in [5, 5.41) is 8.48. The van der Waals surface area contributed by atoms with Crippen LogP contribution in [0.15, 0.2) is 0 Å². The zero-order valence-corrected chi connectivity index (χ0v) is 8.87. The van der Waals surface area contributed by atoms with Crippen LogP contribution in [-0.2, 0) is 14.3 Å². The van der Waals surface area contributed by atoms with Gasteiger partial charge in [-0.2, -0.15) is 13.2 Å². The predicted molar refractivity (Wildman–Crippen MR) is 46.5 cm³/mol. The van der Waals surface area contributed by atoms with Crippen LogP contribution in [0.1, 0.15) is 0 Å². The van der Waals surface area contributed by atoms with Crippen LogP contribution in [0.5, 0.6) is 0 Å². The van der Waals surface area contributed by atoms with Crippen molar-refractivity contribution in [1.82, 2.24) is 0 Å². The normalized spacial score (nSPS) is 12.3. The lowest BCUT2D eigenvalue weighted by Crippen LogP contribution is -2.46.